The molecule has 0 aliphatic rings. The Bertz CT molecular complexity index is 637. The fourth-order valence-electron chi connectivity index (χ4n) is 1.87. The highest BCUT2D eigenvalue weighted by atomic mass is 16.4. The molecule has 0 heterocycles. The van der Waals surface area contributed by atoms with Crippen LogP contribution in [0.3, 0.4) is 0 Å². The quantitative estimate of drug-likeness (QED) is 0.154. The lowest BCUT2D eigenvalue weighted by molar-refractivity contribution is -0.147. The van der Waals surface area contributed by atoms with Crippen LogP contribution in [0.25, 0.3) is 0 Å². The third-order valence-electron chi connectivity index (χ3n) is 3.26. The van der Waals surface area contributed by atoms with Crippen molar-refractivity contribution >= 4 is 35.6 Å². The fourth-order valence-corrected chi connectivity index (χ4v) is 1.87. The summed E-state index contributed by atoms with van der Waals surface area (Å²) in [5, 5.41) is 33.1. The minimum atomic E-state index is -1.71. The summed E-state index contributed by atoms with van der Waals surface area (Å²) >= 11 is 0. The van der Waals surface area contributed by atoms with Gasteiger partial charge in [-0.25, -0.2) is 4.79 Å². The number of aliphatic hydroxyl groups excluding tert-OH is 1. The van der Waals surface area contributed by atoms with Crippen molar-refractivity contribution in [3.05, 3.63) is 0 Å². The minimum Gasteiger partial charge on any atom is -0.481 e. The number of amides is 4. The van der Waals surface area contributed by atoms with Crippen molar-refractivity contribution in [2.45, 2.75) is 44.0 Å². The second-order valence-corrected chi connectivity index (χ2v) is 5.78. The van der Waals surface area contributed by atoms with Gasteiger partial charge in [-0.05, 0) is 6.92 Å². The molecule has 158 valence electrons. The molecule has 0 spiro atoms. The van der Waals surface area contributed by atoms with E-state index in [0.717, 1.165) is 6.92 Å². The van der Waals surface area contributed by atoms with Gasteiger partial charge in [0.2, 0.25) is 23.6 Å². The predicted octanol–water partition coefficient (Wildman–Crippen LogP) is -4.78. The van der Waals surface area contributed by atoms with E-state index in [-0.39, 0.29) is 0 Å². The third-order valence-corrected chi connectivity index (χ3v) is 3.26. The SMILES string of the molecule is CC(O)C(NC(=O)C(N)CC(N)=O)C(=O)NCC(=O)NC(CC(=O)O)C(=O)O. The van der Waals surface area contributed by atoms with Gasteiger partial charge in [0, 0.05) is 0 Å². The highest BCUT2D eigenvalue weighted by Gasteiger charge is 2.29. The summed E-state index contributed by atoms with van der Waals surface area (Å²) in [5.74, 6) is -6.86. The van der Waals surface area contributed by atoms with E-state index in [2.05, 4.69) is 5.32 Å². The molecular weight excluding hydrogens is 382 g/mol. The predicted molar refractivity (Wildman–Crippen MR) is 90.2 cm³/mol. The summed E-state index contributed by atoms with van der Waals surface area (Å²) in [6, 6.07) is -4.60. The van der Waals surface area contributed by atoms with Crippen molar-refractivity contribution < 1.29 is 44.1 Å². The monoisotopic (exact) mass is 405 g/mol. The molecule has 0 aromatic rings. The van der Waals surface area contributed by atoms with Crippen molar-refractivity contribution in [3.8, 4) is 0 Å². The smallest absolute Gasteiger partial charge is 0.326 e. The number of primary amides is 1. The highest BCUT2D eigenvalue weighted by Crippen LogP contribution is 1.97. The normalized spacial score (nSPS) is 14.7. The van der Waals surface area contributed by atoms with E-state index in [1.165, 1.54) is 0 Å². The Morgan fingerprint density at radius 3 is 1.96 bits per heavy atom. The zero-order valence-corrected chi connectivity index (χ0v) is 14.9. The van der Waals surface area contributed by atoms with E-state index < -0.39 is 79.2 Å². The summed E-state index contributed by atoms with van der Waals surface area (Å²) in [6.45, 7) is 0.409. The Hall–Kier alpha value is -3.26. The van der Waals surface area contributed by atoms with Crippen LogP contribution in [0.4, 0.5) is 0 Å². The second-order valence-electron chi connectivity index (χ2n) is 5.78. The number of nitrogens with one attached hydrogen (secondary N) is 3. The highest BCUT2D eigenvalue weighted by molar-refractivity contribution is 5.94. The van der Waals surface area contributed by atoms with E-state index in [0.29, 0.717) is 0 Å². The molecule has 0 aliphatic carbocycles. The molecule has 0 fully saturated rings. The summed E-state index contributed by atoms with van der Waals surface area (Å²) in [5.41, 5.74) is 10.3. The van der Waals surface area contributed by atoms with Crippen molar-refractivity contribution in [3.63, 3.8) is 0 Å². The molecule has 0 aliphatic heterocycles. The molecule has 14 nitrogen and oxygen atoms in total. The Morgan fingerprint density at radius 1 is 0.964 bits per heavy atom. The number of carboxylic acid groups (broad SMARTS) is 2. The lowest BCUT2D eigenvalue weighted by Gasteiger charge is -2.22. The molecule has 0 aromatic heterocycles. The van der Waals surface area contributed by atoms with Gasteiger partial charge in [0.25, 0.3) is 0 Å². The van der Waals surface area contributed by atoms with Gasteiger partial charge in [-0.2, -0.15) is 0 Å². The van der Waals surface area contributed by atoms with E-state index in [1.54, 1.807) is 0 Å². The van der Waals surface area contributed by atoms with Gasteiger partial charge in [0.05, 0.1) is 31.5 Å². The Morgan fingerprint density at radius 2 is 1.54 bits per heavy atom. The lowest BCUT2D eigenvalue weighted by atomic mass is 10.1. The zero-order chi connectivity index (χ0) is 22.0. The molecule has 0 bridgehead atoms. The molecule has 0 saturated carbocycles. The van der Waals surface area contributed by atoms with Crippen LogP contribution in [0.15, 0.2) is 0 Å². The van der Waals surface area contributed by atoms with Crippen molar-refractivity contribution in [1.29, 1.82) is 0 Å². The van der Waals surface area contributed by atoms with Gasteiger partial charge in [-0.15, -0.1) is 0 Å². The summed E-state index contributed by atoms with van der Waals surface area (Å²) in [7, 11) is 0. The third kappa shape index (κ3) is 9.44. The molecule has 14 heteroatoms. The maximum Gasteiger partial charge on any atom is 0.326 e. The van der Waals surface area contributed by atoms with Crippen molar-refractivity contribution in [2.75, 3.05) is 6.54 Å². The van der Waals surface area contributed by atoms with Gasteiger partial charge < -0.3 is 42.7 Å². The van der Waals surface area contributed by atoms with Crippen LogP contribution in [0.1, 0.15) is 19.8 Å². The first-order valence-corrected chi connectivity index (χ1v) is 7.89. The van der Waals surface area contributed by atoms with Crippen molar-refractivity contribution in [2.24, 2.45) is 11.5 Å². The van der Waals surface area contributed by atoms with Gasteiger partial charge in [0.15, 0.2) is 0 Å². The largest absolute Gasteiger partial charge is 0.481 e. The topological polar surface area (TPSA) is 251 Å². The molecule has 10 N–H and O–H groups in total. The van der Waals surface area contributed by atoms with Crippen LogP contribution in [0.2, 0.25) is 0 Å². The number of hydrogen-bond acceptors (Lipinski definition) is 8. The molecule has 4 unspecified atom stereocenters. The first-order chi connectivity index (χ1) is 12.8. The van der Waals surface area contributed by atoms with Crippen LogP contribution in [-0.4, -0.2) is 81.7 Å². The zero-order valence-electron chi connectivity index (χ0n) is 14.9. The first-order valence-electron chi connectivity index (χ1n) is 7.89. The summed E-state index contributed by atoms with van der Waals surface area (Å²) < 4.78 is 0. The Kier molecular flexibility index (Phi) is 10.1. The molecule has 4 atom stereocenters. The van der Waals surface area contributed by atoms with Gasteiger partial charge in [-0.1, -0.05) is 0 Å². The van der Waals surface area contributed by atoms with E-state index >= 15 is 0 Å². The number of carbonyl (C=O) groups excluding carboxylic acids is 4. The number of nitrogens with two attached hydrogens (primary N) is 2. The minimum absolute atomic E-state index is 0.497. The van der Waals surface area contributed by atoms with E-state index in [4.69, 9.17) is 21.7 Å². The lowest BCUT2D eigenvalue weighted by Crippen LogP contribution is -2.57. The average molecular weight is 405 g/mol. The number of carboxylic acids is 2. The number of aliphatic carboxylic acids is 2. The van der Waals surface area contributed by atoms with Gasteiger partial charge >= 0.3 is 11.9 Å². The molecule has 0 radical (unpaired) electrons. The standard InChI is InChI=1S/C14H23N5O9/c1-5(20)11(19-12(25)6(15)2-8(16)21)13(26)17-4-9(22)18-7(14(27)28)3-10(23)24/h5-7,11,20H,2-4,15H2,1H3,(H2,16,21)(H,17,26)(H,18,22)(H,19,25)(H,23,24)(H,27,28). The average Bonchev–Trinajstić information content (AvgIpc) is 2.55. The maximum absolute atomic E-state index is 12.1. The number of carbonyl (C=O) groups is 6. The van der Waals surface area contributed by atoms with Crippen LogP contribution in [-0.2, 0) is 28.8 Å². The van der Waals surface area contributed by atoms with Gasteiger partial charge in [0.1, 0.15) is 12.1 Å². The summed E-state index contributed by atoms with van der Waals surface area (Å²) in [4.78, 5) is 67.8. The molecule has 28 heavy (non-hydrogen) atoms. The fraction of sp³-hybridized carbons (Fsp3) is 0.571. The molecule has 0 aromatic carbocycles. The summed E-state index contributed by atoms with van der Waals surface area (Å²) in [6.07, 6.45) is -2.78. The van der Waals surface area contributed by atoms with Crippen LogP contribution in [0.5, 0.6) is 0 Å². The Labute approximate surface area is 158 Å². The molecule has 4 amide bonds. The number of hydrogen-bond donors (Lipinski definition) is 8. The molecule has 0 saturated heterocycles. The van der Waals surface area contributed by atoms with Crippen LogP contribution < -0.4 is 27.4 Å². The first kappa shape index (κ1) is 24.7. The molecule has 0 rings (SSSR count). The van der Waals surface area contributed by atoms with Crippen molar-refractivity contribution in [1.82, 2.24) is 16.0 Å². The van der Waals surface area contributed by atoms with Crippen LogP contribution in [0, 0.1) is 0 Å². The van der Waals surface area contributed by atoms with E-state index in [9.17, 15) is 33.9 Å². The molecular formula is C14H23N5O9. The Balaban J connectivity index is 4.78. The number of aliphatic hydroxyl groups is 1. The number of rotatable bonds is 12. The van der Waals surface area contributed by atoms with E-state index in [1.807, 2.05) is 10.6 Å². The van der Waals surface area contributed by atoms with Gasteiger partial charge in [-0.3, -0.25) is 24.0 Å². The second kappa shape index (κ2) is 11.5. The maximum atomic E-state index is 12.1. The van der Waals surface area contributed by atoms with Crippen LogP contribution >= 0.6 is 0 Å².